The first-order valence-corrected chi connectivity index (χ1v) is 7.46. The minimum Gasteiger partial charge on any atom is -0.354 e. The van der Waals surface area contributed by atoms with Gasteiger partial charge in [-0.1, -0.05) is 20.8 Å². The van der Waals surface area contributed by atoms with Gasteiger partial charge in [0.1, 0.15) is 6.54 Å². The molecule has 0 saturated carbocycles. The van der Waals surface area contributed by atoms with E-state index >= 15 is 0 Å². The van der Waals surface area contributed by atoms with Crippen molar-refractivity contribution in [3.63, 3.8) is 0 Å². The van der Waals surface area contributed by atoms with Crippen LogP contribution < -0.4 is 10.6 Å². The summed E-state index contributed by atoms with van der Waals surface area (Å²) in [6.45, 7) is 13.2. The SMILES string of the molecule is CCCNCc1c(C)nn(CC(=O)NCC(C)C)c1C. The number of amides is 1. The predicted octanol–water partition coefficient (Wildman–Crippen LogP) is 1.77. The molecule has 0 atom stereocenters. The Balaban J connectivity index is 2.62. The van der Waals surface area contributed by atoms with Gasteiger partial charge in [0.2, 0.25) is 5.91 Å². The molecule has 0 fully saturated rings. The zero-order chi connectivity index (χ0) is 15.1. The number of aromatic nitrogens is 2. The van der Waals surface area contributed by atoms with Gasteiger partial charge in [-0.25, -0.2) is 0 Å². The van der Waals surface area contributed by atoms with Crippen molar-refractivity contribution < 1.29 is 4.79 Å². The third kappa shape index (κ3) is 4.96. The van der Waals surface area contributed by atoms with Gasteiger partial charge in [0, 0.05) is 24.3 Å². The van der Waals surface area contributed by atoms with Gasteiger partial charge in [-0.15, -0.1) is 0 Å². The van der Waals surface area contributed by atoms with E-state index in [1.165, 1.54) is 5.56 Å². The minimum absolute atomic E-state index is 0.0253. The Morgan fingerprint density at radius 2 is 2.05 bits per heavy atom. The highest BCUT2D eigenvalue weighted by Gasteiger charge is 2.13. The summed E-state index contributed by atoms with van der Waals surface area (Å²) in [6, 6.07) is 0. The molecule has 1 aromatic rings. The summed E-state index contributed by atoms with van der Waals surface area (Å²) in [5, 5.41) is 10.8. The van der Waals surface area contributed by atoms with Crippen molar-refractivity contribution in [2.24, 2.45) is 5.92 Å². The Morgan fingerprint density at radius 1 is 1.35 bits per heavy atom. The fourth-order valence-corrected chi connectivity index (χ4v) is 2.04. The first kappa shape index (κ1) is 16.7. The van der Waals surface area contributed by atoms with Crippen LogP contribution in [0.25, 0.3) is 0 Å². The molecule has 0 aliphatic rings. The summed E-state index contributed by atoms with van der Waals surface area (Å²) >= 11 is 0. The second-order valence-electron chi connectivity index (χ2n) is 5.68. The lowest BCUT2D eigenvalue weighted by Gasteiger charge is -2.09. The van der Waals surface area contributed by atoms with Gasteiger partial charge in [0.05, 0.1) is 5.69 Å². The molecule has 1 amide bonds. The van der Waals surface area contributed by atoms with Crippen molar-refractivity contribution in [2.75, 3.05) is 13.1 Å². The first-order valence-electron chi connectivity index (χ1n) is 7.46. The summed E-state index contributed by atoms with van der Waals surface area (Å²) in [5.74, 6) is 0.491. The fourth-order valence-electron chi connectivity index (χ4n) is 2.04. The fraction of sp³-hybridized carbons (Fsp3) is 0.733. The van der Waals surface area contributed by atoms with E-state index in [4.69, 9.17) is 0 Å². The number of rotatable bonds is 8. The molecule has 0 aliphatic carbocycles. The van der Waals surface area contributed by atoms with E-state index in [1.54, 1.807) is 4.68 Å². The van der Waals surface area contributed by atoms with Crippen molar-refractivity contribution in [1.29, 1.82) is 0 Å². The van der Waals surface area contributed by atoms with E-state index in [2.05, 4.69) is 36.5 Å². The van der Waals surface area contributed by atoms with Crippen LogP contribution in [-0.4, -0.2) is 28.8 Å². The van der Waals surface area contributed by atoms with Gasteiger partial charge in [0.15, 0.2) is 0 Å². The van der Waals surface area contributed by atoms with Gasteiger partial charge in [-0.2, -0.15) is 5.10 Å². The van der Waals surface area contributed by atoms with Gasteiger partial charge >= 0.3 is 0 Å². The lowest BCUT2D eigenvalue weighted by Crippen LogP contribution is -2.31. The Kier molecular flexibility index (Phi) is 6.71. The van der Waals surface area contributed by atoms with Crippen LogP contribution in [0.4, 0.5) is 0 Å². The van der Waals surface area contributed by atoms with E-state index < -0.39 is 0 Å². The molecule has 114 valence electrons. The highest BCUT2D eigenvalue weighted by Crippen LogP contribution is 2.12. The van der Waals surface area contributed by atoms with Gasteiger partial charge < -0.3 is 10.6 Å². The molecule has 0 aliphatic heterocycles. The Morgan fingerprint density at radius 3 is 2.65 bits per heavy atom. The molecule has 5 heteroatoms. The monoisotopic (exact) mass is 280 g/mol. The quantitative estimate of drug-likeness (QED) is 0.714. The number of nitrogens with zero attached hydrogens (tertiary/aromatic N) is 2. The zero-order valence-corrected chi connectivity index (χ0v) is 13.4. The Bertz CT molecular complexity index is 437. The number of nitrogens with one attached hydrogen (secondary N) is 2. The summed E-state index contributed by atoms with van der Waals surface area (Å²) in [7, 11) is 0. The zero-order valence-electron chi connectivity index (χ0n) is 13.4. The molecular weight excluding hydrogens is 252 g/mol. The van der Waals surface area contributed by atoms with Gasteiger partial charge in [-0.3, -0.25) is 9.48 Å². The van der Waals surface area contributed by atoms with Crippen molar-refractivity contribution in [3.05, 3.63) is 17.0 Å². The van der Waals surface area contributed by atoms with E-state index in [9.17, 15) is 4.79 Å². The summed E-state index contributed by atoms with van der Waals surface area (Å²) < 4.78 is 1.80. The molecule has 1 heterocycles. The minimum atomic E-state index is 0.0253. The van der Waals surface area contributed by atoms with Crippen LogP contribution in [0.15, 0.2) is 0 Å². The lowest BCUT2D eigenvalue weighted by atomic mass is 10.2. The molecule has 20 heavy (non-hydrogen) atoms. The highest BCUT2D eigenvalue weighted by atomic mass is 16.2. The van der Waals surface area contributed by atoms with Crippen LogP contribution in [0, 0.1) is 19.8 Å². The van der Waals surface area contributed by atoms with Crippen molar-refractivity contribution in [3.8, 4) is 0 Å². The third-order valence-corrected chi connectivity index (χ3v) is 3.26. The number of hydrogen-bond acceptors (Lipinski definition) is 3. The molecule has 0 bridgehead atoms. The standard InChI is InChI=1S/C15H28N4O/c1-6-7-16-9-14-12(4)18-19(13(14)5)10-15(20)17-8-11(2)3/h11,16H,6-10H2,1-5H3,(H,17,20). The molecule has 2 N–H and O–H groups in total. The molecular formula is C15H28N4O. The van der Waals surface area contributed by atoms with E-state index in [1.807, 2.05) is 13.8 Å². The molecule has 1 aromatic heterocycles. The first-order chi connectivity index (χ1) is 9.45. The molecule has 5 nitrogen and oxygen atoms in total. The normalized spacial score (nSPS) is 11.1. The summed E-state index contributed by atoms with van der Waals surface area (Å²) in [4.78, 5) is 11.9. The molecule has 0 radical (unpaired) electrons. The molecule has 0 aromatic carbocycles. The number of carbonyl (C=O) groups excluding carboxylic acids is 1. The molecule has 0 saturated heterocycles. The van der Waals surface area contributed by atoms with E-state index in [0.717, 1.165) is 30.9 Å². The average Bonchev–Trinajstić information content (AvgIpc) is 2.64. The van der Waals surface area contributed by atoms with Gasteiger partial charge in [0.25, 0.3) is 0 Å². The smallest absolute Gasteiger partial charge is 0.241 e. The second-order valence-corrected chi connectivity index (χ2v) is 5.68. The lowest BCUT2D eigenvalue weighted by molar-refractivity contribution is -0.122. The maximum atomic E-state index is 11.9. The van der Waals surface area contributed by atoms with Crippen molar-refractivity contribution in [1.82, 2.24) is 20.4 Å². The maximum Gasteiger partial charge on any atom is 0.241 e. The Hall–Kier alpha value is -1.36. The number of carbonyl (C=O) groups is 1. The van der Waals surface area contributed by atoms with E-state index in [-0.39, 0.29) is 5.91 Å². The highest BCUT2D eigenvalue weighted by molar-refractivity contribution is 5.75. The molecule has 0 unspecified atom stereocenters. The van der Waals surface area contributed by atoms with Crippen LogP contribution in [0.1, 0.15) is 44.1 Å². The Labute approximate surface area is 122 Å². The summed E-state index contributed by atoms with van der Waals surface area (Å²) in [6.07, 6.45) is 1.11. The molecule has 0 spiro atoms. The van der Waals surface area contributed by atoms with Crippen LogP contribution in [0.2, 0.25) is 0 Å². The second kappa shape index (κ2) is 8.04. The largest absolute Gasteiger partial charge is 0.354 e. The van der Waals surface area contributed by atoms with Crippen LogP contribution >= 0.6 is 0 Å². The van der Waals surface area contributed by atoms with Crippen LogP contribution in [-0.2, 0) is 17.9 Å². The number of hydrogen-bond donors (Lipinski definition) is 2. The van der Waals surface area contributed by atoms with Crippen molar-refractivity contribution >= 4 is 5.91 Å². The number of aryl methyl sites for hydroxylation is 1. The topological polar surface area (TPSA) is 59.0 Å². The third-order valence-electron chi connectivity index (χ3n) is 3.26. The van der Waals surface area contributed by atoms with E-state index in [0.29, 0.717) is 19.0 Å². The maximum absolute atomic E-state index is 11.9. The van der Waals surface area contributed by atoms with Crippen molar-refractivity contribution in [2.45, 2.75) is 54.1 Å². The summed E-state index contributed by atoms with van der Waals surface area (Å²) in [5.41, 5.74) is 3.28. The average molecular weight is 280 g/mol. The van der Waals surface area contributed by atoms with Gasteiger partial charge in [-0.05, 0) is 32.7 Å². The van der Waals surface area contributed by atoms with Crippen LogP contribution in [0.3, 0.4) is 0 Å². The molecule has 1 rings (SSSR count). The van der Waals surface area contributed by atoms with Crippen LogP contribution in [0.5, 0.6) is 0 Å². The predicted molar refractivity (Wildman–Crippen MR) is 81.5 cm³/mol.